The molecule has 0 aliphatic heterocycles. The number of aliphatic hydroxyl groups is 1. The molecule has 0 radical (unpaired) electrons. The van der Waals surface area contributed by atoms with Crippen molar-refractivity contribution in [1.82, 2.24) is 0 Å². The Hall–Kier alpha value is 0.440. The van der Waals surface area contributed by atoms with Crippen molar-refractivity contribution in [2.24, 2.45) is 5.92 Å². The quantitative estimate of drug-likeness (QED) is 0.631. The zero-order valence-corrected chi connectivity index (χ0v) is 7.10. The van der Waals surface area contributed by atoms with Crippen LogP contribution in [0.2, 0.25) is 0 Å². The van der Waals surface area contributed by atoms with Crippen molar-refractivity contribution in [3.8, 4) is 0 Å². The van der Waals surface area contributed by atoms with E-state index in [0.717, 1.165) is 11.8 Å². The van der Waals surface area contributed by atoms with E-state index >= 15 is 0 Å². The average molecular weight is 193 g/mol. The molecule has 1 saturated carbocycles. The average Bonchev–Trinajstić information content (AvgIpc) is 1.89. The predicted molar refractivity (Wildman–Crippen MR) is 41.8 cm³/mol. The van der Waals surface area contributed by atoms with Crippen LogP contribution < -0.4 is 0 Å². The van der Waals surface area contributed by atoms with E-state index in [1.165, 1.54) is 19.3 Å². The molecule has 2 heteroatoms. The minimum atomic E-state index is -0.0295. The van der Waals surface area contributed by atoms with Gasteiger partial charge in [0.05, 0.1) is 6.10 Å². The summed E-state index contributed by atoms with van der Waals surface area (Å²) >= 11 is 3.39. The molecule has 1 fully saturated rings. The zero-order valence-electron chi connectivity index (χ0n) is 5.52. The molecule has 0 heterocycles. The van der Waals surface area contributed by atoms with Gasteiger partial charge >= 0.3 is 0 Å². The van der Waals surface area contributed by atoms with Gasteiger partial charge in [-0.15, -0.1) is 0 Å². The van der Waals surface area contributed by atoms with E-state index in [4.69, 9.17) is 0 Å². The summed E-state index contributed by atoms with van der Waals surface area (Å²) in [6.07, 6.45) is 4.69. The van der Waals surface area contributed by atoms with Crippen LogP contribution in [0.3, 0.4) is 0 Å². The molecule has 0 unspecified atom stereocenters. The van der Waals surface area contributed by atoms with Gasteiger partial charge in [0.25, 0.3) is 0 Å². The molecule has 1 N–H and O–H groups in total. The Morgan fingerprint density at radius 3 is 2.44 bits per heavy atom. The van der Waals surface area contributed by atoms with Crippen LogP contribution in [0.15, 0.2) is 0 Å². The second-order valence-corrected chi connectivity index (χ2v) is 3.41. The van der Waals surface area contributed by atoms with Crippen LogP contribution in [-0.2, 0) is 0 Å². The molecule has 0 amide bonds. The van der Waals surface area contributed by atoms with Crippen molar-refractivity contribution in [3.63, 3.8) is 0 Å². The summed E-state index contributed by atoms with van der Waals surface area (Å²) in [6, 6.07) is 0. The molecule has 0 aromatic carbocycles. The van der Waals surface area contributed by atoms with Gasteiger partial charge < -0.3 is 5.11 Å². The molecule has 1 rings (SSSR count). The summed E-state index contributed by atoms with van der Waals surface area (Å²) in [5.41, 5.74) is 0. The van der Waals surface area contributed by atoms with E-state index in [2.05, 4.69) is 15.9 Å². The lowest BCUT2D eigenvalue weighted by Gasteiger charge is -2.25. The van der Waals surface area contributed by atoms with Gasteiger partial charge in [0, 0.05) is 5.33 Å². The fourth-order valence-electron chi connectivity index (χ4n) is 1.37. The van der Waals surface area contributed by atoms with Gasteiger partial charge in [-0.2, -0.15) is 0 Å². The topological polar surface area (TPSA) is 20.2 Å². The van der Waals surface area contributed by atoms with Gasteiger partial charge in [-0.05, 0) is 18.8 Å². The summed E-state index contributed by atoms with van der Waals surface area (Å²) in [6.45, 7) is 0. The fraction of sp³-hybridized carbons (Fsp3) is 1.00. The first-order chi connectivity index (χ1) is 4.34. The molecule has 0 bridgehead atoms. The highest BCUT2D eigenvalue weighted by Gasteiger charge is 2.20. The minimum absolute atomic E-state index is 0.0295. The normalized spacial score (nSPS) is 36.7. The molecule has 9 heavy (non-hydrogen) atoms. The van der Waals surface area contributed by atoms with E-state index in [0.29, 0.717) is 5.92 Å². The van der Waals surface area contributed by atoms with Gasteiger partial charge in [0.2, 0.25) is 0 Å². The third-order valence-corrected chi connectivity index (χ3v) is 2.90. The van der Waals surface area contributed by atoms with Crippen LogP contribution in [0.1, 0.15) is 25.7 Å². The highest BCUT2D eigenvalue weighted by Crippen LogP contribution is 2.25. The lowest BCUT2D eigenvalue weighted by atomic mass is 9.88. The monoisotopic (exact) mass is 192 g/mol. The maximum absolute atomic E-state index is 9.34. The van der Waals surface area contributed by atoms with Gasteiger partial charge in [-0.1, -0.05) is 28.8 Å². The summed E-state index contributed by atoms with van der Waals surface area (Å²) in [7, 11) is 0. The van der Waals surface area contributed by atoms with Gasteiger partial charge in [-0.25, -0.2) is 0 Å². The minimum Gasteiger partial charge on any atom is -0.393 e. The second-order valence-electron chi connectivity index (χ2n) is 2.77. The Balaban J connectivity index is 2.30. The maximum Gasteiger partial charge on any atom is 0.0576 e. The molecular formula is C7H13BrO. The lowest BCUT2D eigenvalue weighted by Crippen LogP contribution is -2.25. The summed E-state index contributed by atoms with van der Waals surface area (Å²) in [5, 5.41) is 10.3. The molecule has 0 aromatic heterocycles. The summed E-state index contributed by atoms with van der Waals surface area (Å²) in [4.78, 5) is 0. The number of hydrogen-bond acceptors (Lipinski definition) is 1. The number of hydrogen-bond donors (Lipinski definition) is 1. The fourth-order valence-corrected chi connectivity index (χ4v) is 2.12. The van der Waals surface area contributed by atoms with Crippen LogP contribution in [0.5, 0.6) is 0 Å². The Morgan fingerprint density at radius 2 is 2.00 bits per heavy atom. The zero-order chi connectivity index (χ0) is 6.69. The SMILES string of the molecule is O[C@H]1CCCC[C@H]1CBr. The second kappa shape index (κ2) is 3.57. The molecule has 0 saturated heterocycles. The van der Waals surface area contributed by atoms with E-state index in [-0.39, 0.29) is 6.10 Å². The Morgan fingerprint density at radius 1 is 1.33 bits per heavy atom. The van der Waals surface area contributed by atoms with Crippen molar-refractivity contribution in [3.05, 3.63) is 0 Å². The standard InChI is InChI=1S/C7H13BrO/c8-5-6-3-1-2-4-7(6)9/h6-7,9H,1-5H2/t6-,7-/m0/s1. The van der Waals surface area contributed by atoms with E-state index in [9.17, 15) is 5.11 Å². The number of alkyl halides is 1. The first-order valence-electron chi connectivity index (χ1n) is 3.58. The largest absolute Gasteiger partial charge is 0.393 e. The Kier molecular flexibility index (Phi) is 2.99. The Bertz CT molecular complexity index is 85.0. The van der Waals surface area contributed by atoms with Crippen LogP contribution in [-0.4, -0.2) is 16.5 Å². The van der Waals surface area contributed by atoms with Crippen molar-refractivity contribution < 1.29 is 5.11 Å². The third-order valence-electron chi connectivity index (χ3n) is 2.07. The molecular weight excluding hydrogens is 180 g/mol. The number of aliphatic hydroxyl groups excluding tert-OH is 1. The van der Waals surface area contributed by atoms with E-state index in [1.54, 1.807) is 0 Å². The van der Waals surface area contributed by atoms with Crippen LogP contribution in [0.25, 0.3) is 0 Å². The van der Waals surface area contributed by atoms with Crippen molar-refractivity contribution in [1.29, 1.82) is 0 Å². The van der Waals surface area contributed by atoms with Crippen LogP contribution in [0.4, 0.5) is 0 Å². The Labute approximate surface area is 64.6 Å². The summed E-state index contributed by atoms with van der Waals surface area (Å²) < 4.78 is 0. The molecule has 1 aliphatic carbocycles. The first kappa shape index (κ1) is 7.55. The highest BCUT2D eigenvalue weighted by molar-refractivity contribution is 9.09. The smallest absolute Gasteiger partial charge is 0.0576 e. The maximum atomic E-state index is 9.34. The van der Waals surface area contributed by atoms with Crippen molar-refractivity contribution in [2.45, 2.75) is 31.8 Å². The van der Waals surface area contributed by atoms with E-state index in [1.807, 2.05) is 0 Å². The predicted octanol–water partition coefficient (Wildman–Crippen LogP) is 1.93. The van der Waals surface area contributed by atoms with Gasteiger partial charge in [0.1, 0.15) is 0 Å². The van der Waals surface area contributed by atoms with E-state index < -0.39 is 0 Å². The molecule has 54 valence electrons. The molecule has 2 atom stereocenters. The summed E-state index contributed by atoms with van der Waals surface area (Å²) in [5.74, 6) is 0.527. The molecule has 0 aromatic rings. The first-order valence-corrected chi connectivity index (χ1v) is 4.71. The van der Waals surface area contributed by atoms with Crippen LogP contribution in [0, 0.1) is 5.92 Å². The number of rotatable bonds is 1. The molecule has 1 nitrogen and oxygen atoms in total. The van der Waals surface area contributed by atoms with Gasteiger partial charge in [0.15, 0.2) is 0 Å². The molecule has 0 spiro atoms. The molecule has 1 aliphatic rings. The highest BCUT2D eigenvalue weighted by atomic mass is 79.9. The number of halogens is 1. The van der Waals surface area contributed by atoms with Gasteiger partial charge in [-0.3, -0.25) is 0 Å². The van der Waals surface area contributed by atoms with Crippen LogP contribution >= 0.6 is 15.9 Å². The third kappa shape index (κ3) is 1.94. The van der Waals surface area contributed by atoms with Crippen molar-refractivity contribution in [2.75, 3.05) is 5.33 Å². The van der Waals surface area contributed by atoms with Crippen molar-refractivity contribution >= 4 is 15.9 Å². The lowest BCUT2D eigenvalue weighted by molar-refractivity contribution is 0.0822.